The molecule has 0 saturated carbocycles. The lowest BCUT2D eigenvalue weighted by Gasteiger charge is -2.48. The number of carbonyl (C=O) groups excluding carboxylic acids is 1. The van der Waals surface area contributed by atoms with E-state index in [-0.39, 0.29) is 0 Å². The van der Waals surface area contributed by atoms with Crippen molar-refractivity contribution in [3.05, 3.63) is 0 Å². The van der Waals surface area contributed by atoms with E-state index in [9.17, 15) is 4.79 Å². The first kappa shape index (κ1) is 7.10. The zero-order valence-corrected chi connectivity index (χ0v) is 6.84. The highest BCUT2D eigenvalue weighted by molar-refractivity contribution is 5.76. The average molecular weight is 154 g/mol. The third-order valence-corrected chi connectivity index (χ3v) is 2.58. The van der Waals surface area contributed by atoms with Gasteiger partial charge in [0.15, 0.2) is 0 Å². The summed E-state index contributed by atoms with van der Waals surface area (Å²) in [6.45, 7) is 3.79. The highest BCUT2D eigenvalue weighted by Gasteiger charge is 2.37. The SMILES string of the molecule is CCC(=O)N1C[C@H]2C[C@H](C1)N2. The summed E-state index contributed by atoms with van der Waals surface area (Å²) in [5, 5.41) is 3.39. The maximum Gasteiger partial charge on any atom is 0.222 e. The van der Waals surface area contributed by atoms with Crippen LogP contribution in [0.1, 0.15) is 19.8 Å². The van der Waals surface area contributed by atoms with Gasteiger partial charge >= 0.3 is 0 Å². The summed E-state index contributed by atoms with van der Waals surface area (Å²) in [6.07, 6.45) is 1.92. The number of nitrogens with one attached hydrogen (secondary N) is 1. The van der Waals surface area contributed by atoms with Crippen LogP contribution in [0, 0.1) is 0 Å². The number of amides is 1. The molecule has 0 aromatic rings. The average Bonchev–Trinajstić information content (AvgIpc) is 2.02. The van der Waals surface area contributed by atoms with Gasteiger partial charge in [-0.25, -0.2) is 0 Å². The summed E-state index contributed by atoms with van der Waals surface area (Å²) in [5.74, 6) is 0.307. The molecule has 0 aliphatic carbocycles. The van der Waals surface area contributed by atoms with Crippen molar-refractivity contribution in [1.29, 1.82) is 0 Å². The van der Waals surface area contributed by atoms with E-state index in [1.807, 2.05) is 11.8 Å². The zero-order chi connectivity index (χ0) is 7.84. The number of carbonyl (C=O) groups is 1. The van der Waals surface area contributed by atoms with Crippen molar-refractivity contribution >= 4 is 5.91 Å². The number of hydrogen-bond donors (Lipinski definition) is 1. The topological polar surface area (TPSA) is 32.3 Å². The Kier molecular flexibility index (Phi) is 1.60. The first-order valence-corrected chi connectivity index (χ1v) is 4.33. The molecule has 3 heteroatoms. The molecule has 2 bridgehead atoms. The van der Waals surface area contributed by atoms with Crippen molar-refractivity contribution in [1.82, 2.24) is 10.2 Å². The fourth-order valence-electron chi connectivity index (χ4n) is 1.94. The van der Waals surface area contributed by atoms with Gasteiger partial charge < -0.3 is 10.2 Å². The Bertz CT molecular complexity index is 165. The van der Waals surface area contributed by atoms with E-state index in [2.05, 4.69) is 5.32 Å². The molecule has 62 valence electrons. The standard InChI is InChI=1S/C8H14N2O/c1-2-8(11)10-4-6-3-7(5-10)9-6/h6-7,9H,2-5H2,1H3/t6-,7-/m1/s1. The number of piperazine rings is 1. The van der Waals surface area contributed by atoms with Crippen LogP contribution < -0.4 is 5.32 Å². The maximum atomic E-state index is 11.2. The Morgan fingerprint density at radius 1 is 1.55 bits per heavy atom. The van der Waals surface area contributed by atoms with Crippen LogP contribution in [0.2, 0.25) is 0 Å². The molecule has 2 atom stereocenters. The van der Waals surface area contributed by atoms with Gasteiger partial charge in [-0.3, -0.25) is 4.79 Å². The molecule has 3 saturated heterocycles. The molecular formula is C8H14N2O. The summed E-state index contributed by atoms with van der Waals surface area (Å²) in [7, 11) is 0. The molecule has 11 heavy (non-hydrogen) atoms. The van der Waals surface area contributed by atoms with Crippen molar-refractivity contribution < 1.29 is 4.79 Å². The highest BCUT2D eigenvalue weighted by atomic mass is 16.2. The van der Waals surface area contributed by atoms with Gasteiger partial charge in [0.05, 0.1) is 0 Å². The van der Waals surface area contributed by atoms with Crippen LogP contribution >= 0.6 is 0 Å². The number of piperidine rings is 1. The van der Waals surface area contributed by atoms with Gasteiger partial charge in [-0.2, -0.15) is 0 Å². The Morgan fingerprint density at radius 2 is 2.09 bits per heavy atom. The summed E-state index contributed by atoms with van der Waals surface area (Å²) in [6, 6.07) is 1.20. The molecule has 3 rings (SSSR count). The zero-order valence-electron chi connectivity index (χ0n) is 6.84. The molecule has 0 aromatic carbocycles. The molecule has 3 aliphatic heterocycles. The van der Waals surface area contributed by atoms with E-state index in [0.717, 1.165) is 13.1 Å². The van der Waals surface area contributed by atoms with E-state index in [0.29, 0.717) is 24.4 Å². The molecule has 1 amide bonds. The second-order valence-electron chi connectivity index (χ2n) is 3.45. The summed E-state index contributed by atoms with van der Waals surface area (Å²) >= 11 is 0. The van der Waals surface area contributed by atoms with E-state index < -0.39 is 0 Å². The molecule has 1 N–H and O–H groups in total. The third-order valence-electron chi connectivity index (χ3n) is 2.58. The summed E-state index contributed by atoms with van der Waals surface area (Å²) in [4.78, 5) is 13.2. The van der Waals surface area contributed by atoms with Crippen LogP contribution in [0.25, 0.3) is 0 Å². The number of hydrogen-bond acceptors (Lipinski definition) is 2. The molecule has 3 aliphatic rings. The van der Waals surface area contributed by atoms with Gasteiger partial charge in [0, 0.05) is 31.6 Å². The van der Waals surface area contributed by atoms with E-state index in [1.54, 1.807) is 0 Å². The maximum absolute atomic E-state index is 11.2. The van der Waals surface area contributed by atoms with Gasteiger partial charge in [0.1, 0.15) is 0 Å². The summed E-state index contributed by atoms with van der Waals surface area (Å²) in [5.41, 5.74) is 0. The predicted octanol–water partition coefficient (Wildman–Crippen LogP) is -0.0309. The fourth-order valence-corrected chi connectivity index (χ4v) is 1.94. The third kappa shape index (κ3) is 1.13. The van der Waals surface area contributed by atoms with Gasteiger partial charge in [-0.05, 0) is 6.42 Å². The molecule has 0 unspecified atom stereocenters. The largest absolute Gasteiger partial charge is 0.340 e. The molecular weight excluding hydrogens is 140 g/mol. The smallest absolute Gasteiger partial charge is 0.222 e. The molecule has 0 radical (unpaired) electrons. The van der Waals surface area contributed by atoms with Gasteiger partial charge in [0.25, 0.3) is 0 Å². The van der Waals surface area contributed by atoms with Crippen LogP contribution in [0.5, 0.6) is 0 Å². The van der Waals surface area contributed by atoms with Crippen LogP contribution in [0.3, 0.4) is 0 Å². The predicted molar refractivity (Wildman–Crippen MR) is 42.2 cm³/mol. The first-order valence-electron chi connectivity index (χ1n) is 4.33. The van der Waals surface area contributed by atoms with E-state index in [4.69, 9.17) is 0 Å². The number of rotatable bonds is 1. The lowest BCUT2D eigenvalue weighted by Crippen LogP contribution is -2.67. The van der Waals surface area contributed by atoms with Crippen LogP contribution in [0.15, 0.2) is 0 Å². The van der Waals surface area contributed by atoms with Crippen LogP contribution in [-0.2, 0) is 4.79 Å². The normalized spacial score (nSPS) is 34.8. The highest BCUT2D eigenvalue weighted by Crippen LogP contribution is 2.20. The summed E-state index contributed by atoms with van der Waals surface area (Å²) < 4.78 is 0. The Morgan fingerprint density at radius 3 is 2.55 bits per heavy atom. The molecule has 3 fully saturated rings. The Hall–Kier alpha value is -0.570. The Balaban J connectivity index is 1.92. The van der Waals surface area contributed by atoms with Gasteiger partial charge in [-0.1, -0.05) is 6.92 Å². The quantitative estimate of drug-likeness (QED) is 0.575. The van der Waals surface area contributed by atoms with Gasteiger partial charge in [-0.15, -0.1) is 0 Å². The molecule has 0 spiro atoms. The fraction of sp³-hybridized carbons (Fsp3) is 0.875. The number of fused-ring (bicyclic) bond motifs is 2. The van der Waals surface area contributed by atoms with Crippen molar-refractivity contribution in [2.24, 2.45) is 0 Å². The van der Waals surface area contributed by atoms with E-state index >= 15 is 0 Å². The van der Waals surface area contributed by atoms with Crippen LogP contribution in [-0.4, -0.2) is 36.0 Å². The Labute approximate surface area is 66.8 Å². The van der Waals surface area contributed by atoms with E-state index in [1.165, 1.54) is 6.42 Å². The second-order valence-corrected chi connectivity index (χ2v) is 3.45. The molecule has 3 nitrogen and oxygen atoms in total. The monoisotopic (exact) mass is 154 g/mol. The lowest BCUT2D eigenvalue weighted by atomic mass is 9.91. The minimum atomic E-state index is 0.307. The van der Waals surface area contributed by atoms with Crippen molar-refractivity contribution in [2.45, 2.75) is 31.8 Å². The van der Waals surface area contributed by atoms with Crippen molar-refractivity contribution in [3.8, 4) is 0 Å². The van der Waals surface area contributed by atoms with Crippen LogP contribution in [0.4, 0.5) is 0 Å². The first-order chi connectivity index (χ1) is 5.29. The lowest BCUT2D eigenvalue weighted by molar-refractivity contribution is -0.134. The minimum Gasteiger partial charge on any atom is -0.340 e. The number of nitrogens with zero attached hydrogens (tertiary/aromatic N) is 1. The van der Waals surface area contributed by atoms with Crippen molar-refractivity contribution in [3.63, 3.8) is 0 Å². The molecule has 0 aromatic heterocycles. The van der Waals surface area contributed by atoms with Crippen molar-refractivity contribution in [2.75, 3.05) is 13.1 Å². The minimum absolute atomic E-state index is 0.307. The molecule has 3 heterocycles. The van der Waals surface area contributed by atoms with Gasteiger partial charge in [0.2, 0.25) is 5.91 Å². The second kappa shape index (κ2) is 2.48.